The summed E-state index contributed by atoms with van der Waals surface area (Å²) in [7, 11) is 0. The number of hydrogen-bond donors (Lipinski definition) is 4. The van der Waals surface area contributed by atoms with E-state index < -0.39 is 5.97 Å². The fraction of sp³-hybridized carbons (Fsp3) is 0.333. The molecule has 1 aliphatic heterocycles. The number of carbonyl (C=O) groups is 3. The van der Waals surface area contributed by atoms with Crippen molar-refractivity contribution in [2.75, 3.05) is 23.3 Å². The number of halogens is 2. The summed E-state index contributed by atoms with van der Waals surface area (Å²) in [5.41, 5.74) is 2.99. The first-order valence-corrected chi connectivity index (χ1v) is 12.9. The first-order valence-electron chi connectivity index (χ1n) is 11.3. The molecule has 5 rings (SSSR count). The number of carboxylic acids is 1. The number of rotatable bonds is 7. The quantitative estimate of drug-likeness (QED) is 0.330. The Labute approximate surface area is 239 Å². The number of H-pyrrole nitrogens is 1. The van der Waals surface area contributed by atoms with Gasteiger partial charge in [-0.3, -0.25) is 9.59 Å². The molecule has 0 spiro atoms. The van der Waals surface area contributed by atoms with E-state index >= 15 is 0 Å². The van der Waals surface area contributed by atoms with E-state index in [1.165, 1.54) is 18.3 Å². The molecule has 1 saturated heterocycles. The third kappa shape index (κ3) is 5.54. The predicted molar refractivity (Wildman–Crippen MR) is 146 cm³/mol. The molecule has 190 valence electrons. The van der Waals surface area contributed by atoms with Crippen molar-refractivity contribution in [3.8, 4) is 0 Å². The average molecular weight is 556 g/mol. The second-order valence-corrected chi connectivity index (χ2v) is 10.9. The Bertz CT molecular complexity index is 1360. The third-order valence-electron chi connectivity index (χ3n) is 6.57. The Balaban J connectivity index is 0.00000320. The molecule has 2 aliphatic rings. The molecule has 37 heavy (non-hydrogen) atoms. The van der Waals surface area contributed by atoms with Crippen molar-refractivity contribution < 1.29 is 19.5 Å². The van der Waals surface area contributed by atoms with E-state index in [9.17, 15) is 19.5 Å². The molecular weight excluding hydrogens is 532 g/mol. The van der Waals surface area contributed by atoms with Crippen LogP contribution in [0, 0.1) is 18.8 Å². The van der Waals surface area contributed by atoms with Gasteiger partial charge >= 0.3 is 24.8 Å². The second-order valence-electron chi connectivity index (χ2n) is 9.12. The fourth-order valence-electron chi connectivity index (χ4n) is 4.71. The number of anilines is 2. The Morgan fingerprint density at radius 3 is 2.35 bits per heavy atom. The number of benzene rings is 1. The number of aromatic amines is 1. The molecule has 9 nitrogen and oxygen atoms in total. The zero-order valence-corrected chi connectivity index (χ0v) is 21.7. The number of aromatic nitrogens is 2. The van der Waals surface area contributed by atoms with Crippen LogP contribution in [0.3, 0.4) is 0 Å². The van der Waals surface area contributed by atoms with E-state index in [2.05, 4.69) is 25.5 Å². The zero-order chi connectivity index (χ0) is 25.7. The summed E-state index contributed by atoms with van der Waals surface area (Å²) in [4.78, 5) is 45.6. The summed E-state index contributed by atoms with van der Waals surface area (Å²) in [5.74, 6) is -0.911. The van der Waals surface area contributed by atoms with E-state index in [1.54, 1.807) is 19.1 Å². The van der Waals surface area contributed by atoms with Gasteiger partial charge in [-0.25, -0.2) is 9.78 Å². The van der Waals surface area contributed by atoms with Crippen LogP contribution in [0.25, 0.3) is 0 Å². The first-order chi connectivity index (χ1) is 17.1. The van der Waals surface area contributed by atoms with E-state index in [4.69, 9.17) is 23.2 Å². The molecule has 1 aliphatic carbocycles. The first kappa shape index (κ1) is 27.5. The number of aryl methyl sites for hydroxylation is 1. The molecule has 3 aromatic rings. The molecule has 13 heteroatoms. The number of carboxylic acid groups (broad SMARTS) is 1. The van der Waals surface area contributed by atoms with Crippen LogP contribution in [0.5, 0.6) is 0 Å². The van der Waals surface area contributed by atoms with Crippen LogP contribution in [-0.4, -0.2) is 70.9 Å². The van der Waals surface area contributed by atoms with Crippen LogP contribution in [0.2, 0.25) is 10.0 Å². The van der Waals surface area contributed by atoms with Crippen LogP contribution >= 0.6 is 34.5 Å². The summed E-state index contributed by atoms with van der Waals surface area (Å²) in [6.45, 7) is 4.57. The minimum absolute atomic E-state index is 0. The van der Waals surface area contributed by atoms with Gasteiger partial charge in [-0.2, -0.15) is 0 Å². The number of aromatic carboxylic acids is 1. The maximum atomic E-state index is 12.6. The third-order valence-corrected chi connectivity index (χ3v) is 8.66. The summed E-state index contributed by atoms with van der Waals surface area (Å²) in [6, 6.07) is 7.29. The number of nitrogens with zero attached hydrogens (tertiary/aromatic N) is 2. The van der Waals surface area contributed by atoms with Gasteiger partial charge in [-0.15, -0.1) is 0 Å². The van der Waals surface area contributed by atoms with Gasteiger partial charge in [-0.1, -0.05) is 46.7 Å². The Kier molecular flexibility index (Phi) is 7.98. The van der Waals surface area contributed by atoms with Gasteiger partial charge in [0.15, 0.2) is 5.13 Å². The van der Waals surface area contributed by atoms with E-state index in [-0.39, 0.29) is 64.1 Å². The van der Waals surface area contributed by atoms with Crippen molar-refractivity contribution in [3.05, 3.63) is 61.8 Å². The number of thiazole rings is 1. The number of carbonyl (C=O) groups excluding carboxylic acids is 2. The van der Waals surface area contributed by atoms with Crippen molar-refractivity contribution >= 4 is 82.0 Å². The summed E-state index contributed by atoms with van der Waals surface area (Å²) >= 11 is 13.4. The van der Waals surface area contributed by atoms with Crippen LogP contribution < -0.4 is 15.5 Å². The van der Waals surface area contributed by atoms with Crippen molar-refractivity contribution in [3.63, 3.8) is 0 Å². The molecule has 1 aromatic carbocycles. The van der Waals surface area contributed by atoms with E-state index in [1.807, 2.05) is 12.1 Å². The molecule has 2 aromatic heterocycles. The van der Waals surface area contributed by atoms with E-state index in [0.29, 0.717) is 46.7 Å². The normalized spacial score (nSPS) is 19.7. The summed E-state index contributed by atoms with van der Waals surface area (Å²) < 4.78 is 0. The topological polar surface area (TPSA) is 127 Å². The molecule has 3 atom stereocenters. The van der Waals surface area contributed by atoms with Crippen molar-refractivity contribution in [2.45, 2.75) is 26.3 Å². The average Bonchev–Trinajstić information content (AvgIpc) is 3.19. The molecule has 0 radical (unpaired) electrons. The molecule has 1 saturated carbocycles. The number of hydrogen-bond acceptors (Lipinski definition) is 6. The monoisotopic (exact) mass is 555 g/mol. The van der Waals surface area contributed by atoms with Gasteiger partial charge < -0.3 is 25.6 Å². The molecule has 3 heterocycles. The second kappa shape index (κ2) is 10.7. The minimum atomic E-state index is -1.00. The molecule has 0 unspecified atom stereocenters. The van der Waals surface area contributed by atoms with Gasteiger partial charge in [0.2, 0.25) is 5.91 Å². The summed E-state index contributed by atoms with van der Waals surface area (Å²) in [6.07, 6.45) is 0.372. The maximum absolute atomic E-state index is 12.6. The van der Waals surface area contributed by atoms with Crippen LogP contribution in [0.1, 0.15) is 44.0 Å². The number of amides is 2. The van der Waals surface area contributed by atoms with Crippen LogP contribution in [-0.2, 0) is 11.2 Å². The van der Waals surface area contributed by atoms with Gasteiger partial charge in [0.1, 0.15) is 10.6 Å². The Hall–Kier alpha value is -2.48. The van der Waals surface area contributed by atoms with Crippen molar-refractivity contribution in [1.29, 1.82) is 0 Å². The van der Waals surface area contributed by atoms with Crippen LogP contribution in [0.4, 0.5) is 10.8 Å². The van der Waals surface area contributed by atoms with Gasteiger partial charge in [0, 0.05) is 55.7 Å². The van der Waals surface area contributed by atoms with Crippen molar-refractivity contribution in [1.82, 2.24) is 15.3 Å². The number of fused-ring (bicyclic) bond motifs is 1. The fourth-order valence-corrected chi connectivity index (χ4v) is 6.07. The van der Waals surface area contributed by atoms with Crippen molar-refractivity contribution in [2.24, 2.45) is 11.8 Å². The molecule has 4 N–H and O–H groups in total. The molecule has 0 bridgehead atoms. The summed E-state index contributed by atoms with van der Waals surface area (Å²) in [5, 5.41) is 16.7. The standard InChI is InChI=1S/C24H23Cl2N5O4S.Li.H/c1-10-17(25)18(26)20(27-10)22(33)30-19-14-8-31(9-15(14)19)24-29-16(21(36-24)23(34)35)7-12-3-5-13(6-4-12)28-11(2)32;;/h3-6,14-15,19,27H,7-9H2,1-2H3,(H,28,32)(H,30,33)(H,34,35);;/t14-,15+,19+;;. The molecule has 2 fully saturated rings. The Morgan fingerprint density at radius 1 is 1.16 bits per heavy atom. The zero-order valence-electron chi connectivity index (χ0n) is 19.4. The Morgan fingerprint density at radius 2 is 1.81 bits per heavy atom. The van der Waals surface area contributed by atoms with E-state index in [0.717, 1.165) is 5.56 Å². The van der Waals surface area contributed by atoms with Gasteiger partial charge in [0.05, 0.1) is 15.7 Å². The number of piperidine rings is 1. The molecular formula is C24H24Cl2LiN5O4S. The number of nitrogens with one attached hydrogen (secondary N) is 3. The van der Waals surface area contributed by atoms with Gasteiger partial charge in [-0.05, 0) is 24.6 Å². The predicted octanol–water partition coefficient (Wildman–Crippen LogP) is 3.55. The SMILES string of the molecule is CC(=O)Nc1ccc(Cc2nc(N3C[C@@H]4[C@H](C3)[C@H]4NC(=O)c3[nH]c(C)c(Cl)c3Cl)sc2C(=O)O)cc1.[LiH]. The van der Waals surface area contributed by atoms with Gasteiger partial charge in [0.25, 0.3) is 5.91 Å². The van der Waals surface area contributed by atoms with Crippen LogP contribution in [0.15, 0.2) is 24.3 Å². The molecule has 2 amide bonds.